The highest BCUT2D eigenvalue weighted by Crippen LogP contribution is 2.54. The van der Waals surface area contributed by atoms with E-state index >= 15 is 0 Å². The zero-order valence-corrected chi connectivity index (χ0v) is 9.02. The second-order valence-corrected chi connectivity index (χ2v) is 5.80. The van der Waals surface area contributed by atoms with E-state index in [0.29, 0.717) is 0 Å². The largest absolute Gasteiger partial charge is 0.351 e. The lowest BCUT2D eigenvalue weighted by molar-refractivity contribution is -0.115. The molecular weight excluding hydrogens is 235 g/mol. The molecule has 1 atom stereocenters. The number of ketones is 1. The van der Waals surface area contributed by atoms with Crippen molar-refractivity contribution < 1.29 is 18.4 Å². The van der Waals surface area contributed by atoms with Crippen molar-refractivity contribution in [3.05, 3.63) is 0 Å². The number of halogens is 1. The van der Waals surface area contributed by atoms with Crippen LogP contribution in [0.3, 0.4) is 0 Å². The molecule has 0 fully saturated rings. The van der Waals surface area contributed by atoms with Crippen LogP contribution in [-0.4, -0.2) is 24.6 Å². The van der Waals surface area contributed by atoms with Gasteiger partial charge in [-0.2, -0.15) is 0 Å². The lowest BCUT2D eigenvalue weighted by Gasteiger charge is -2.16. The Labute approximate surface area is 73.9 Å². The predicted molar refractivity (Wildman–Crippen MR) is 45.0 cm³/mol. The van der Waals surface area contributed by atoms with Crippen LogP contribution in [0.25, 0.3) is 0 Å². The zero-order chi connectivity index (χ0) is 9.07. The number of hydrogen-bond donors (Lipinski definition) is 0. The summed E-state index contributed by atoms with van der Waals surface area (Å²) in [7, 11) is -0.786. The first kappa shape index (κ1) is 11.3. The molecule has 0 spiro atoms. The topological polar surface area (TPSA) is 52.6 Å². The van der Waals surface area contributed by atoms with Crippen molar-refractivity contribution >= 4 is 29.3 Å². The van der Waals surface area contributed by atoms with E-state index in [1.807, 2.05) is 0 Å². The molecule has 0 saturated heterocycles. The molecule has 0 aromatic carbocycles. The molecule has 0 aliphatic carbocycles. The van der Waals surface area contributed by atoms with Crippen LogP contribution >= 0.6 is 23.5 Å². The minimum atomic E-state index is -3.26. The van der Waals surface area contributed by atoms with E-state index in [9.17, 15) is 9.36 Å². The van der Waals surface area contributed by atoms with E-state index in [4.69, 9.17) is 0 Å². The Morgan fingerprint density at radius 1 is 1.45 bits per heavy atom. The minimum Gasteiger partial charge on any atom is -0.311 e. The van der Waals surface area contributed by atoms with Crippen molar-refractivity contribution in [3.63, 3.8) is 0 Å². The van der Waals surface area contributed by atoms with E-state index in [1.165, 1.54) is 21.1 Å². The molecule has 0 saturated carbocycles. The standard InChI is InChI=1S/C5H10BrO4P/c1-4(7)5(6)11(8,9-2)10-3/h5H,1-3H3. The number of carbonyl (C=O) groups excluding carboxylic acids is 1. The third-order valence-electron chi connectivity index (χ3n) is 1.12. The zero-order valence-electron chi connectivity index (χ0n) is 6.54. The second-order valence-electron chi connectivity index (χ2n) is 1.85. The second kappa shape index (κ2) is 4.36. The van der Waals surface area contributed by atoms with Gasteiger partial charge in [-0.05, 0) is 6.92 Å². The first-order valence-electron chi connectivity index (χ1n) is 2.83. The van der Waals surface area contributed by atoms with E-state index < -0.39 is 12.2 Å². The number of carbonyl (C=O) groups is 1. The van der Waals surface area contributed by atoms with Crippen LogP contribution in [0.4, 0.5) is 0 Å². The van der Waals surface area contributed by atoms with Crippen molar-refractivity contribution in [2.45, 2.75) is 11.5 Å². The summed E-state index contributed by atoms with van der Waals surface area (Å²) in [4.78, 5) is 10.7. The molecule has 11 heavy (non-hydrogen) atoms. The fourth-order valence-electron chi connectivity index (χ4n) is 0.482. The first-order valence-corrected chi connectivity index (χ1v) is 5.36. The fourth-order valence-corrected chi connectivity index (χ4v) is 2.45. The first-order chi connectivity index (χ1) is 4.98. The minimum absolute atomic E-state index is 0.281. The average molecular weight is 245 g/mol. The molecule has 0 N–H and O–H groups in total. The summed E-state index contributed by atoms with van der Waals surface area (Å²) in [6.45, 7) is 1.31. The van der Waals surface area contributed by atoms with Crippen LogP contribution in [0.5, 0.6) is 0 Å². The van der Waals surface area contributed by atoms with Crippen molar-refractivity contribution in [2.24, 2.45) is 0 Å². The summed E-state index contributed by atoms with van der Waals surface area (Å²) in [5.74, 6) is -0.281. The molecule has 6 heteroatoms. The molecule has 66 valence electrons. The number of alkyl halides is 1. The molecule has 0 amide bonds. The lowest BCUT2D eigenvalue weighted by Crippen LogP contribution is -2.12. The Morgan fingerprint density at radius 2 is 1.82 bits per heavy atom. The van der Waals surface area contributed by atoms with Crippen LogP contribution < -0.4 is 0 Å². The van der Waals surface area contributed by atoms with Crippen molar-refractivity contribution in [2.75, 3.05) is 14.2 Å². The highest BCUT2D eigenvalue weighted by molar-refractivity contribution is 9.11. The molecule has 0 aromatic heterocycles. The Bertz CT molecular complexity index is 185. The van der Waals surface area contributed by atoms with Crippen molar-refractivity contribution in [1.82, 2.24) is 0 Å². The maximum atomic E-state index is 11.4. The molecular formula is C5H10BrO4P. The van der Waals surface area contributed by atoms with Crippen LogP contribution in [0.15, 0.2) is 0 Å². The van der Waals surface area contributed by atoms with Gasteiger partial charge < -0.3 is 9.05 Å². The van der Waals surface area contributed by atoms with E-state index in [1.54, 1.807) is 0 Å². The summed E-state index contributed by atoms with van der Waals surface area (Å²) < 4.78 is 19.7. The summed E-state index contributed by atoms with van der Waals surface area (Å²) in [6.07, 6.45) is 0. The molecule has 0 aromatic rings. The van der Waals surface area contributed by atoms with Gasteiger partial charge in [-0.25, -0.2) is 0 Å². The molecule has 0 aliphatic rings. The Kier molecular flexibility index (Phi) is 4.48. The fraction of sp³-hybridized carbons (Fsp3) is 0.800. The Balaban J connectivity index is 4.51. The van der Waals surface area contributed by atoms with Crippen LogP contribution in [0.2, 0.25) is 0 Å². The smallest absolute Gasteiger partial charge is 0.311 e. The van der Waals surface area contributed by atoms with Gasteiger partial charge in [-0.3, -0.25) is 9.36 Å². The van der Waals surface area contributed by atoms with Gasteiger partial charge in [-0.15, -0.1) is 0 Å². The van der Waals surface area contributed by atoms with E-state index in [2.05, 4.69) is 25.0 Å². The van der Waals surface area contributed by atoms with E-state index in [-0.39, 0.29) is 5.78 Å². The lowest BCUT2D eigenvalue weighted by atomic mass is 10.5. The summed E-state index contributed by atoms with van der Waals surface area (Å²) in [5.41, 5.74) is 0. The maximum Gasteiger partial charge on any atom is 0.351 e. The number of Topliss-reactive ketones (excluding diaryl/α,β-unsaturated/α-hetero) is 1. The molecule has 1 unspecified atom stereocenters. The highest BCUT2D eigenvalue weighted by Gasteiger charge is 2.35. The maximum absolute atomic E-state index is 11.4. The third-order valence-corrected chi connectivity index (χ3v) is 5.21. The van der Waals surface area contributed by atoms with Gasteiger partial charge in [-0.1, -0.05) is 15.9 Å². The summed E-state index contributed by atoms with van der Waals surface area (Å²) >= 11 is 2.92. The quantitative estimate of drug-likeness (QED) is 0.559. The van der Waals surface area contributed by atoms with Gasteiger partial charge in [0, 0.05) is 14.2 Å². The van der Waals surface area contributed by atoms with Crippen molar-refractivity contribution in [3.8, 4) is 0 Å². The van der Waals surface area contributed by atoms with Gasteiger partial charge in [0.05, 0.1) is 0 Å². The summed E-state index contributed by atoms with van der Waals surface area (Å²) in [6, 6.07) is 0. The van der Waals surface area contributed by atoms with Crippen LogP contribution in [0.1, 0.15) is 6.92 Å². The molecule has 0 rings (SSSR count). The average Bonchev–Trinajstić information content (AvgIpc) is 2.01. The molecule has 0 aliphatic heterocycles. The summed E-state index contributed by atoms with van der Waals surface area (Å²) in [5, 5.41) is 0. The van der Waals surface area contributed by atoms with E-state index in [0.717, 1.165) is 0 Å². The predicted octanol–water partition coefficient (Wildman–Crippen LogP) is 1.78. The van der Waals surface area contributed by atoms with Gasteiger partial charge in [0.1, 0.15) is 0 Å². The molecule has 0 radical (unpaired) electrons. The SMILES string of the molecule is COP(=O)(OC)C(Br)C(C)=O. The Hall–Kier alpha value is 0.300. The van der Waals surface area contributed by atoms with Gasteiger partial charge in [0.15, 0.2) is 10.4 Å². The van der Waals surface area contributed by atoms with Gasteiger partial charge >= 0.3 is 7.60 Å². The van der Waals surface area contributed by atoms with Crippen LogP contribution in [-0.2, 0) is 18.4 Å². The van der Waals surface area contributed by atoms with Crippen molar-refractivity contribution in [1.29, 1.82) is 0 Å². The Morgan fingerprint density at radius 3 is 1.91 bits per heavy atom. The molecule has 0 bridgehead atoms. The molecule has 0 heterocycles. The monoisotopic (exact) mass is 244 g/mol. The van der Waals surface area contributed by atoms with Gasteiger partial charge in [0.25, 0.3) is 0 Å². The van der Waals surface area contributed by atoms with Gasteiger partial charge in [0.2, 0.25) is 0 Å². The molecule has 4 nitrogen and oxygen atoms in total. The number of hydrogen-bond acceptors (Lipinski definition) is 4. The third kappa shape index (κ3) is 2.67. The number of rotatable bonds is 4. The highest BCUT2D eigenvalue weighted by atomic mass is 79.9. The van der Waals surface area contributed by atoms with Crippen LogP contribution in [0, 0.1) is 0 Å². The normalized spacial score (nSPS) is 14.5.